The lowest BCUT2D eigenvalue weighted by Crippen LogP contribution is -2.51. The molecule has 0 radical (unpaired) electrons. The SMILES string of the molecule is Cc1ccc(CN2CCN(C(=O)c3cn(CCC4CCCCC4)nn3)CC2=O)cc1C. The van der Waals surface area contributed by atoms with Gasteiger partial charge in [-0.1, -0.05) is 55.5 Å². The molecule has 0 unspecified atom stereocenters. The van der Waals surface area contributed by atoms with Crippen molar-refractivity contribution in [1.82, 2.24) is 24.8 Å². The summed E-state index contributed by atoms with van der Waals surface area (Å²) in [5.74, 6) is 0.533. The number of hydrogen-bond acceptors (Lipinski definition) is 4. The molecular formula is C24H33N5O2. The summed E-state index contributed by atoms with van der Waals surface area (Å²) < 4.78 is 1.78. The van der Waals surface area contributed by atoms with Gasteiger partial charge in [-0.2, -0.15) is 0 Å². The minimum Gasteiger partial charge on any atom is -0.335 e. The van der Waals surface area contributed by atoms with Crippen molar-refractivity contribution in [1.29, 1.82) is 0 Å². The predicted octanol–water partition coefficient (Wildman–Crippen LogP) is 3.35. The van der Waals surface area contributed by atoms with Crippen molar-refractivity contribution in [2.75, 3.05) is 19.6 Å². The average Bonchev–Trinajstić information content (AvgIpc) is 3.25. The van der Waals surface area contributed by atoms with Crippen LogP contribution in [0.3, 0.4) is 0 Å². The summed E-state index contributed by atoms with van der Waals surface area (Å²) in [4.78, 5) is 28.9. The quantitative estimate of drug-likeness (QED) is 0.714. The molecule has 1 aromatic heterocycles. The predicted molar refractivity (Wildman–Crippen MR) is 118 cm³/mol. The van der Waals surface area contributed by atoms with Gasteiger partial charge in [0.1, 0.15) is 6.54 Å². The molecule has 0 spiro atoms. The number of carbonyl (C=O) groups is 2. The molecule has 0 N–H and O–H groups in total. The molecule has 0 atom stereocenters. The van der Waals surface area contributed by atoms with Gasteiger partial charge < -0.3 is 9.80 Å². The second kappa shape index (κ2) is 9.62. The summed E-state index contributed by atoms with van der Waals surface area (Å²) in [6.45, 7) is 6.70. The number of hydrogen-bond donors (Lipinski definition) is 0. The smallest absolute Gasteiger partial charge is 0.276 e. The normalized spacial score (nSPS) is 17.9. The highest BCUT2D eigenvalue weighted by Gasteiger charge is 2.29. The highest BCUT2D eigenvalue weighted by molar-refractivity contribution is 5.95. The number of piperazine rings is 1. The molecule has 2 fully saturated rings. The first kappa shape index (κ1) is 21.5. The van der Waals surface area contributed by atoms with Crippen LogP contribution in [-0.2, 0) is 17.9 Å². The van der Waals surface area contributed by atoms with E-state index in [1.807, 2.05) is 4.90 Å². The number of nitrogens with zero attached hydrogens (tertiary/aromatic N) is 5. The lowest BCUT2D eigenvalue weighted by atomic mass is 9.87. The number of benzene rings is 1. The molecular weight excluding hydrogens is 390 g/mol. The van der Waals surface area contributed by atoms with Crippen LogP contribution in [0.25, 0.3) is 0 Å². The Morgan fingerprint density at radius 2 is 1.90 bits per heavy atom. The first-order chi connectivity index (χ1) is 15.0. The third kappa shape index (κ3) is 5.32. The van der Waals surface area contributed by atoms with Gasteiger partial charge in [0.15, 0.2) is 5.69 Å². The maximum absolute atomic E-state index is 12.9. The van der Waals surface area contributed by atoms with Crippen LogP contribution in [-0.4, -0.2) is 56.2 Å². The van der Waals surface area contributed by atoms with E-state index in [1.165, 1.54) is 43.2 Å². The van der Waals surface area contributed by atoms with Crippen molar-refractivity contribution < 1.29 is 9.59 Å². The fourth-order valence-corrected chi connectivity index (χ4v) is 4.63. The van der Waals surface area contributed by atoms with Crippen LogP contribution in [0.1, 0.15) is 65.7 Å². The van der Waals surface area contributed by atoms with Gasteiger partial charge in [-0.05, 0) is 42.9 Å². The van der Waals surface area contributed by atoms with E-state index in [1.54, 1.807) is 15.8 Å². The summed E-state index contributed by atoms with van der Waals surface area (Å²) in [6.07, 6.45) is 9.44. The molecule has 1 aromatic carbocycles. The number of rotatable bonds is 6. The zero-order valence-corrected chi connectivity index (χ0v) is 18.7. The molecule has 1 aliphatic heterocycles. The van der Waals surface area contributed by atoms with Crippen molar-refractivity contribution in [2.45, 2.75) is 65.5 Å². The topological polar surface area (TPSA) is 71.3 Å². The molecule has 0 bridgehead atoms. The number of amides is 2. The van der Waals surface area contributed by atoms with Crippen molar-refractivity contribution in [3.8, 4) is 0 Å². The highest BCUT2D eigenvalue weighted by atomic mass is 16.2. The molecule has 1 aliphatic carbocycles. The Morgan fingerprint density at radius 1 is 1.10 bits per heavy atom. The number of aryl methyl sites for hydroxylation is 3. The van der Waals surface area contributed by atoms with Crippen LogP contribution >= 0.6 is 0 Å². The second-order valence-electron chi connectivity index (χ2n) is 9.12. The molecule has 2 heterocycles. The molecule has 4 rings (SSSR count). The molecule has 7 nitrogen and oxygen atoms in total. The monoisotopic (exact) mass is 423 g/mol. The lowest BCUT2D eigenvalue weighted by Gasteiger charge is -2.34. The molecule has 166 valence electrons. The Kier molecular flexibility index (Phi) is 6.68. The van der Waals surface area contributed by atoms with Gasteiger partial charge in [0.25, 0.3) is 5.91 Å². The van der Waals surface area contributed by atoms with Crippen LogP contribution in [0.5, 0.6) is 0 Å². The van der Waals surface area contributed by atoms with Gasteiger partial charge in [0.2, 0.25) is 5.91 Å². The first-order valence-electron chi connectivity index (χ1n) is 11.5. The van der Waals surface area contributed by atoms with Crippen molar-refractivity contribution in [2.24, 2.45) is 5.92 Å². The Morgan fingerprint density at radius 3 is 2.65 bits per heavy atom. The van der Waals surface area contributed by atoms with Crippen LogP contribution in [0.4, 0.5) is 0 Å². The minimum atomic E-state index is -0.205. The van der Waals surface area contributed by atoms with E-state index < -0.39 is 0 Å². The average molecular weight is 424 g/mol. The fourth-order valence-electron chi connectivity index (χ4n) is 4.63. The number of carbonyl (C=O) groups excluding carboxylic acids is 2. The van der Waals surface area contributed by atoms with Gasteiger partial charge in [0.05, 0.1) is 6.20 Å². The van der Waals surface area contributed by atoms with Gasteiger partial charge >= 0.3 is 0 Å². The van der Waals surface area contributed by atoms with Gasteiger partial charge in [0, 0.05) is 26.2 Å². The largest absolute Gasteiger partial charge is 0.335 e. The van der Waals surface area contributed by atoms with Crippen molar-refractivity contribution in [3.05, 3.63) is 46.8 Å². The van der Waals surface area contributed by atoms with Crippen molar-refractivity contribution in [3.63, 3.8) is 0 Å². The highest BCUT2D eigenvalue weighted by Crippen LogP contribution is 2.26. The molecule has 2 amide bonds. The summed E-state index contributed by atoms with van der Waals surface area (Å²) in [7, 11) is 0. The van der Waals surface area contributed by atoms with E-state index in [9.17, 15) is 9.59 Å². The van der Waals surface area contributed by atoms with Gasteiger partial charge in [-0.25, -0.2) is 0 Å². The van der Waals surface area contributed by atoms with E-state index in [4.69, 9.17) is 0 Å². The Balaban J connectivity index is 1.29. The van der Waals surface area contributed by atoms with Crippen LogP contribution in [0, 0.1) is 19.8 Å². The molecule has 1 saturated carbocycles. The van der Waals surface area contributed by atoms with E-state index in [0.717, 1.165) is 24.4 Å². The zero-order valence-electron chi connectivity index (χ0n) is 18.7. The Hall–Kier alpha value is -2.70. The Labute approximate surface area is 184 Å². The molecule has 2 aliphatic rings. The third-order valence-corrected chi connectivity index (χ3v) is 6.80. The molecule has 31 heavy (non-hydrogen) atoms. The summed E-state index contributed by atoms with van der Waals surface area (Å²) in [5, 5.41) is 8.23. The van der Waals surface area contributed by atoms with Crippen LogP contribution in [0.2, 0.25) is 0 Å². The number of aromatic nitrogens is 3. The second-order valence-corrected chi connectivity index (χ2v) is 9.12. The van der Waals surface area contributed by atoms with E-state index >= 15 is 0 Å². The molecule has 7 heteroatoms. The maximum atomic E-state index is 12.9. The van der Waals surface area contributed by atoms with Gasteiger partial charge in [-0.3, -0.25) is 14.3 Å². The van der Waals surface area contributed by atoms with Crippen LogP contribution < -0.4 is 0 Å². The molecule has 1 saturated heterocycles. The van der Waals surface area contributed by atoms with Crippen molar-refractivity contribution >= 4 is 11.8 Å². The standard InChI is InChI=1S/C24H33N5O2/c1-18-8-9-21(14-19(18)2)15-27-12-13-28(17-23(27)30)24(31)22-16-29(26-25-22)11-10-20-6-4-3-5-7-20/h8-9,14,16,20H,3-7,10-13,15,17H2,1-2H3. The summed E-state index contributed by atoms with van der Waals surface area (Å²) in [6, 6.07) is 6.29. The first-order valence-corrected chi connectivity index (χ1v) is 11.5. The zero-order chi connectivity index (χ0) is 21.8. The van der Waals surface area contributed by atoms with Crippen LogP contribution in [0.15, 0.2) is 24.4 Å². The van der Waals surface area contributed by atoms with E-state index in [2.05, 4.69) is 42.4 Å². The van der Waals surface area contributed by atoms with E-state index in [-0.39, 0.29) is 18.4 Å². The summed E-state index contributed by atoms with van der Waals surface area (Å²) >= 11 is 0. The van der Waals surface area contributed by atoms with Gasteiger partial charge in [-0.15, -0.1) is 5.10 Å². The summed E-state index contributed by atoms with van der Waals surface area (Å²) in [5.41, 5.74) is 3.93. The minimum absolute atomic E-state index is 0.0254. The lowest BCUT2D eigenvalue weighted by molar-refractivity contribution is -0.135. The molecule has 2 aromatic rings. The third-order valence-electron chi connectivity index (χ3n) is 6.80. The maximum Gasteiger partial charge on any atom is 0.276 e. The Bertz CT molecular complexity index is 932. The van der Waals surface area contributed by atoms with E-state index in [0.29, 0.717) is 25.3 Å². The fraction of sp³-hybridized carbons (Fsp3) is 0.583.